The topological polar surface area (TPSA) is 103 Å². The minimum absolute atomic E-state index is 0.0343. The molecule has 2 fully saturated rings. The highest BCUT2D eigenvalue weighted by molar-refractivity contribution is 5.92. The second-order valence-corrected chi connectivity index (χ2v) is 11.7. The number of aryl methyl sites for hydroxylation is 1. The van der Waals surface area contributed by atoms with Crippen LogP contribution in [-0.4, -0.2) is 89.2 Å². The fraction of sp³-hybridized carbons (Fsp3) is 0.306. The molecule has 0 radical (unpaired) electrons. The number of para-hydroxylation sites is 1. The van der Waals surface area contributed by atoms with E-state index in [0.29, 0.717) is 24.5 Å². The summed E-state index contributed by atoms with van der Waals surface area (Å²) in [6.07, 6.45) is 0.118. The summed E-state index contributed by atoms with van der Waals surface area (Å²) in [5.74, 6) is 0.731. The van der Waals surface area contributed by atoms with E-state index in [2.05, 4.69) is 0 Å². The predicted molar refractivity (Wildman–Crippen MR) is 173 cm³/mol. The van der Waals surface area contributed by atoms with Crippen molar-refractivity contribution in [2.75, 3.05) is 34.4 Å². The average molecular weight is 623 g/mol. The highest BCUT2D eigenvalue weighted by Gasteiger charge is 2.50. The Hall–Kier alpha value is -5.09. The van der Waals surface area contributed by atoms with Gasteiger partial charge in [0.15, 0.2) is 11.5 Å². The van der Waals surface area contributed by atoms with Crippen molar-refractivity contribution in [3.05, 3.63) is 102 Å². The van der Waals surface area contributed by atoms with E-state index in [4.69, 9.17) is 9.47 Å². The van der Waals surface area contributed by atoms with Crippen LogP contribution < -0.4 is 9.47 Å². The molecule has 4 aromatic rings. The van der Waals surface area contributed by atoms with Gasteiger partial charge in [0.25, 0.3) is 0 Å². The van der Waals surface area contributed by atoms with Crippen LogP contribution in [0.4, 0.5) is 0 Å². The highest BCUT2D eigenvalue weighted by Crippen LogP contribution is 2.33. The van der Waals surface area contributed by atoms with Crippen molar-refractivity contribution in [1.82, 2.24) is 19.8 Å². The van der Waals surface area contributed by atoms with E-state index >= 15 is 0 Å². The first kappa shape index (κ1) is 30.9. The van der Waals surface area contributed by atoms with Gasteiger partial charge < -0.3 is 24.4 Å². The van der Waals surface area contributed by atoms with Crippen LogP contribution in [0.3, 0.4) is 0 Å². The Balaban J connectivity index is 1.33. The monoisotopic (exact) mass is 622 g/mol. The SMILES string of the molecule is COc1cccc(CCC(=O)N2C3CN(Cc4cccc5ccccc45)C(=O)[C@H](Cc4ccc(O)cc4)N3C(=O)CN2C)c1OC. The molecule has 0 aliphatic carbocycles. The maximum Gasteiger partial charge on any atom is 0.246 e. The van der Waals surface area contributed by atoms with Crippen molar-refractivity contribution in [3.63, 3.8) is 0 Å². The molecular formula is C36H38N4O6. The van der Waals surface area contributed by atoms with Crippen LogP contribution in [0, 0.1) is 0 Å². The van der Waals surface area contributed by atoms with Gasteiger partial charge in [-0.05, 0) is 52.1 Å². The van der Waals surface area contributed by atoms with Crippen LogP contribution in [0.1, 0.15) is 23.1 Å². The van der Waals surface area contributed by atoms with Gasteiger partial charge in [-0.1, -0.05) is 66.7 Å². The molecule has 2 aliphatic heterocycles. The van der Waals surface area contributed by atoms with E-state index in [1.54, 1.807) is 65.4 Å². The molecule has 238 valence electrons. The molecule has 0 saturated carbocycles. The van der Waals surface area contributed by atoms with Gasteiger partial charge in [0.2, 0.25) is 17.7 Å². The summed E-state index contributed by atoms with van der Waals surface area (Å²) in [5.41, 5.74) is 2.63. The Morgan fingerprint density at radius 1 is 0.891 bits per heavy atom. The lowest BCUT2D eigenvalue weighted by Gasteiger charge is -2.54. The zero-order chi connectivity index (χ0) is 32.4. The van der Waals surface area contributed by atoms with Crippen molar-refractivity contribution < 1.29 is 29.0 Å². The molecule has 0 spiro atoms. The summed E-state index contributed by atoms with van der Waals surface area (Å²) in [4.78, 5) is 45.4. The number of hydrazine groups is 1. The number of rotatable bonds is 9. The zero-order valence-corrected chi connectivity index (χ0v) is 26.3. The summed E-state index contributed by atoms with van der Waals surface area (Å²) in [5, 5.41) is 15.3. The number of hydrogen-bond donors (Lipinski definition) is 1. The zero-order valence-electron chi connectivity index (χ0n) is 26.3. The molecule has 4 aromatic carbocycles. The number of fused-ring (bicyclic) bond motifs is 2. The molecular weight excluding hydrogens is 584 g/mol. The van der Waals surface area contributed by atoms with E-state index < -0.39 is 12.2 Å². The first-order chi connectivity index (χ1) is 22.3. The van der Waals surface area contributed by atoms with E-state index in [9.17, 15) is 19.5 Å². The fourth-order valence-electron chi connectivity index (χ4n) is 6.71. The van der Waals surface area contributed by atoms with Crippen LogP contribution in [0.15, 0.2) is 84.9 Å². The van der Waals surface area contributed by atoms with Crippen LogP contribution in [0.5, 0.6) is 17.2 Å². The second kappa shape index (κ2) is 13.1. The summed E-state index contributed by atoms with van der Waals surface area (Å²) in [6.45, 7) is 0.462. The molecule has 10 heteroatoms. The molecule has 6 rings (SSSR count). The predicted octanol–water partition coefficient (Wildman–Crippen LogP) is 3.99. The lowest BCUT2D eigenvalue weighted by Crippen LogP contribution is -2.75. The number of nitrogens with zero attached hydrogens (tertiary/aromatic N) is 4. The molecule has 2 heterocycles. The average Bonchev–Trinajstić information content (AvgIpc) is 3.06. The minimum atomic E-state index is -0.826. The van der Waals surface area contributed by atoms with Crippen molar-refractivity contribution in [3.8, 4) is 17.2 Å². The third-order valence-corrected chi connectivity index (χ3v) is 8.89. The van der Waals surface area contributed by atoms with E-state index in [0.717, 1.165) is 27.5 Å². The number of hydrogen-bond acceptors (Lipinski definition) is 7. The molecule has 1 N–H and O–H groups in total. The number of ether oxygens (including phenoxy) is 2. The molecule has 10 nitrogen and oxygen atoms in total. The van der Waals surface area contributed by atoms with Gasteiger partial charge in [-0.2, -0.15) is 0 Å². The molecule has 2 atom stereocenters. The lowest BCUT2D eigenvalue weighted by molar-refractivity contribution is -0.202. The Kier molecular flexibility index (Phi) is 8.81. The van der Waals surface area contributed by atoms with E-state index in [-0.39, 0.29) is 49.4 Å². The van der Waals surface area contributed by atoms with Gasteiger partial charge in [-0.25, -0.2) is 5.01 Å². The summed E-state index contributed by atoms with van der Waals surface area (Å²) in [7, 11) is 4.88. The maximum atomic E-state index is 14.3. The Bertz CT molecular complexity index is 1750. The number of methoxy groups -OCH3 is 2. The van der Waals surface area contributed by atoms with Gasteiger partial charge in [0, 0.05) is 26.4 Å². The Morgan fingerprint density at radius 3 is 2.37 bits per heavy atom. The molecule has 2 saturated heterocycles. The number of aromatic hydroxyl groups is 1. The van der Waals surface area contributed by atoms with Crippen molar-refractivity contribution >= 4 is 28.5 Å². The maximum absolute atomic E-state index is 14.3. The number of piperazine rings is 1. The molecule has 0 bridgehead atoms. The van der Waals surface area contributed by atoms with E-state index in [1.165, 1.54) is 0 Å². The van der Waals surface area contributed by atoms with Gasteiger partial charge in [-0.15, -0.1) is 0 Å². The molecule has 3 amide bonds. The van der Waals surface area contributed by atoms with Crippen LogP contribution >= 0.6 is 0 Å². The van der Waals surface area contributed by atoms with Crippen molar-refractivity contribution in [2.24, 2.45) is 0 Å². The summed E-state index contributed by atoms with van der Waals surface area (Å²) in [6, 6.07) is 25.5. The number of carbonyl (C=O) groups is 3. The summed E-state index contributed by atoms with van der Waals surface area (Å²) >= 11 is 0. The summed E-state index contributed by atoms with van der Waals surface area (Å²) < 4.78 is 11.0. The lowest BCUT2D eigenvalue weighted by atomic mass is 9.97. The Labute approximate surface area is 268 Å². The molecule has 2 aliphatic rings. The second-order valence-electron chi connectivity index (χ2n) is 11.7. The standard InChI is InChI=1S/C36H38N4O6/c1-37-23-34(43)39-30(20-24-14-17-28(41)18-15-24)36(44)38(21-27-11-6-9-25-8-4-5-12-29(25)27)22-32(39)40(37)33(42)19-16-26-10-7-13-31(45-2)35(26)46-3/h4-15,17-18,30,32,41H,16,19-23H2,1-3H3/t30-,32?/m0/s1. The van der Waals surface area contributed by atoms with E-state index in [1.807, 2.05) is 60.7 Å². The minimum Gasteiger partial charge on any atom is -0.508 e. The number of phenols is 1. The van der Waals surface area contributed by atoms with Crippen LogP contribution in [0.25, 0.3) is 10.8 Å². The number of amides is 3. The van der Waals surface area contributed by atoms with Gasteiger partial charge in [0.1, 0.15) is 18.0 Å². The van der Waals surface area contributed by atoms with Gasteiger partial charge in [-0.3, -0.25) is 19.4 Å². The third kappa shape index (κ3) is 5.95. The third-order valence-electron chi connectivity index (χ3n) is 8.89. The molecule has 0 aromatic heterocycles. The quantitative estimate of drug-likeness (QED) is 0.301. The largest absolute Gasteiger partial charge is 0.508 e. The van der Waals surface area contributed by atoms with Crippen LogP contribution in [0.2, 0.25) is 0 Å². The Morgan fingerprint density at radius 2 is 1.61 bits per heavy atom. The first-order valence-electron chi connectivity index (χ1n) is 15.4. The highest BCUT2D eigenvalue weighted by atomic mass is 16.5. The smallest absolute Gasteiger partial charge is 0.246 e. The normalized spacial score (nSPS) is 18.5. The first-order valence-corrected chi connectivity index (χ1v) is 15.4. The molecule has 46 heavy (non-hydrogen) atoms. The van der Waals surface area contributed by atoms with Gasteiger partial charge in [0.05, 0.1) is 27.3 Å². The van der Waals surface area contributed by atoms with Gasteiger partial charge >= 0.3 is 0 Å². The number of phenolic OH excluding ortho intramolecular Hbond substituents is 1. The van der Waals surface area contributed by atoms with Crippen molar-refractivity contribution in [2.45, 2.75) is 38.0 Å². The van der Waals surface area contributed by atoms with Crippen molar-refractivity contribution in [1.29, 1.82) is 0 Å². The number of likely N-dealkylation sites (N-methyl/N-ethyl adjacent to an activating group) is 1. The fourth-order valence-corrected chi connectivity index (χ4v) is 6.71. The number of carbonyl (C=O) groups excluding carboxylic acids is 3. The number of benzene rings is 4. The van der Waals surface area contributed by atoms with Crippen LogP contribution in [-0.2, 0) is 33.8 Å². The molecule has 1 unspecified atom stereocenters.